The molecule has 3 aliphatic rings. The molecular weight excluding hydrogens is 294 g/mol. The quantitative estimate of drug-likeness (QED) is 0.823. The molecule has 1 aromatic rings. The van der Waals surface area contributed by atoms with Crippen LogP contribution in [0.25, 0.3) is 0 Å². The lowest BCUT2D eigenvalue weighted by Gasteiger charge is -2.38. The molecule has 0 N–H and O–H groups in total. The van der Waals surface area contributed by atoms with Crippen LogP contribution in [0.4, 0.5) is 0 Å². The number of ether oxygens (including phenoxy) is 2. The lowest BCUT2D eigenvalue weighted by atomic mass is 9.70. The maximum absolute atomic E-state index is 9.39. The molecule has 1 saturated heterocycles. The van der Waals surface area contributed by atoms with Gasteiger partial charge in [-0.1, -0.05) is 26.8 Å². The van der Waals surface area contributed by atoms with Gasteiger partial charge in [-0.3, -0.25) is 0 Å². The highest BCUT2D eigenvalue weighted by molar-refractivity contribution is 7.10. The normalized spacial score (nSPS) is 43.0. The minimum atomic E-state index is -0.498. The van der Waals surface area contributed by atoms with E-state index in [4.69, 9.17) is 9.47 Å². The molecular formula is C18H23NO2S. The average molecular weight is 317 g/mol. The maximum Gasteiger partial charge on any atom is 0.181 e. The van der Waals surface area contributed by atoms with Crippen molar-refractivity contribution in [3.8, 4) is 6.07 Å². The molecule has 4 heteroatoms. The minimum absolute atomic E-state index is 0.224. The van der Waals surface area contributed by atoms with Crippen LogP contribution < -0.4 is 0 Å². The summed E-state index contributed by atoms with van der Waals surface area (Å²) < 4.78 is 12.3. The zero-order chi connectivity index (χ0) is 15.5. The van der Waals surface area contributed by atoms with Crippen molar-refractivity contribution in [2.75, 3.05) is 0 Å². The maximum atomic E-state index is 9.39. The number of hydrogen-bond donors (Lipinski definition) is 0. The molecule has 3 nitrogen and oxygen atoms in total. The van der Waals surface area contributed by atoms with E-state index in [-0.39, 0.29) is 11.7 Å². The van der Waals surface area contributed by atoms with Crippen LogP contribution in [0.2, 0.25) is 0 Å². The van der Waals surface area contributed by atoms with Crippen LogP contribution in [-0.4, -0.2) is 12.4 Å². The molecule has 22 heavy (non-hydrogen) atoms. The summed E-state index contributed by atoms with van der Waals surface area (Å²) in [6.45, 7) is 7.21. The Morgan fingerprint density at radius 3 is 2.91 bits per heavy atom. The van der Waals surface area contributed by atoms with Crippen LogP contribution in [-0.2, 0) is 9.47 Å². The SMILES string of the molecule is CC1(C)[C@@H]2CC[C@@]1(C)[C@@H]1O[C@@H](O[C@H](C#N)c3cccs3)C[C@H]21. The number of nitrogens with zero attached hydrogens (tertiary/aromatic N) is 1. The van der Waals surface area contributed by atoms with Crippen molar-refractivity contribution in [1.82, 2.24) is 0 Å². The second kappa shape index (κ2) is 4.80. The van der Waals surface area contributed by atoms with E-state index in [2.05, 4.69) is 26.8 Å². The lowest BCUT2D eigenvalue weighted by molar-refractivity contribution is -0.177. The van der Waals surface area contributed by atoms with Gasteiger partial charge in [-0.25, -0.2) is 0 Å². The zero-order valence-corrected chi connectivity index (χ0v) is 14.2. The molecule has 1 aromatic heterocycles. The molecule has 2 saturated carbocycles. The molecule has 6 atom stereocenters. The second-order valence-electron chi connectivity index (χ2n) is 7.83. The molecule has 118 valence electrons. The van der Waals surface area contributed by atoms with E-state index in [9.17, 15) is 5.26 Å². The molecule has 2 bridgehead atoms. The topological polar surface area (TPSA) is 42.2 Å². The van der Waals surface area contributed by atoms with Gasteiger partial charge >= 0.3 is 0 Å². The Morgan fingerprint density at radius 2 is 2.27 bits per heavy atom. The van der Waals surface area contributed by atoms with Gasteiger partial charge in [0.1, 0.15) is 6.07 Å². The summed E-state index contributed by atoms with van der Waals surface area (Å²) in [6, 6.07) is 6.19. The minimum Gasteiger partial charge on any atom is -0.348 e. The smallest absolute Gasteiger partial charge is 0.181 e. The van der Waals surface area contributed by atoms with Gasteiger partial charge in [0.15, 0.2) is 12.4 Å². The number of fused-ring (bicyclic) bond motifs is 5. The van der Waals surface area contributed by atoms with Gasteiger partial charge in [0, 0.05) is 11.3 Å². The highest BCUT2D eigenvalue weighted by Gasteiger charge is 2.69. The molecule has 3 fully saturated rings. The summed E-state index contributed by atoms with van der Waals surface area (Å²) in [4.78, 5) is 0.970. The molecule has 2 aliphatic carbocycles. The van der Waals surface area contributed by atoms with Gasteiger partial charge in [0.05, 0.1) is 6.10 Å². The average Bonchev–Trinajstić information content (AvgIpc) is 3.19. The van der Waals surface area contributed by atoms with Gasteiger partial charge in [-0.15, -0.1) is 11.3 Å². The van der Waals surface area contributed by atoms with E-state index in [1.807, 2.05) is 17.5 Å². The second-order valence-corrected chi connectivity index (χ2v) is 8.81. The van der Waals surface area contributed by atoms with E-state index in [0.717, 1.165) is 17.2 Å². The summed E-state index contributed by atoms with van der Waals surface area (Å²) >= 11 is 1.57. The van der Waals surface area contributed by atoms with Crippen molar-refractivity contribution >= 4 is 11.3 Å². The van der Waals surface area contributed by atoms with E-state index >= 15 is 0 Å². The molecule has 1 aliphatic heterocycles. The molecule has 0 aromatic carbocycles. The number of hydrogen-bond acceptors (Lipinski definition) is 4. The van der Waals surface area contributed by atoms with Crippen molar-refractivity contribution in [2.24, 2.45) is 22.7 Å². The molecule has 2 heterocycles. The molecule has 4 rings (SSSR count). The van der Waals surface area contributed by atoms with Crippen LogP contribution in [0.3, 0.4) is 0 Å². The Hall–Kier alpha value is -0.890. The van der Waals surface area contributed by atoms with Crippen molar-refractivity contribution in [1.29, 1.82) is 5.26 Å². The Balaban J connectivity index is 1.50. The predicted molar refractivity (Wildman–Crippen MR) is 85.1 cm³/mol. The molecule has 0 spiro atoms. The predicted octanol–water partition coefficient (Wildman–Crippen LogP) is 4.52. The summed E-state index contributed by atoms with van der Waals surface area (Å²) in [5.74, 6) is 1.33. The van der Waals surface area contributed by atoms with Gasteiger partial charge in [0.2, 0.25) is 0 Å². The van der Waals surface area contributed by atoms with Gasteiger partial charge in [-0.05, 0) is 47.0 Å². The van der Waals surface area contributed by atoms with Crippen LogP contribution in [0, 0.1) is 34.0 Å². The molecule has 0 amide bonds. The fraction of sp³-hybridized carbons (Fsp3) is 0.722. The fourth-order valence-corrected chi connectivity index (χ4v) is 6.03. The van der Waals surface area contributed by atoms with Crippen molar-refractivity contribution in [3.63, 3.8) is 0 Å². The monoisotopic (exact) mass is 317 g/mol. The first-order chi connectivity index (χ1) is 10.5. The van der Waals surface area contributed by atoms with E-state index in [1.165, 1.54) is 12.8 Å². The fourth-order valence-electron chi connectivity index (χ4n) is 5.32. The van der Waals surface area contributed by atoms with Crippen molar-refractivity contribution in [2.45, 2.75) is 58.5 Å². The van der Waals surface area contributed by atoms with Crippen molar-refractivity contribution in [3.05, 3.63) is 22.4 Å². The molecule has 0 radical (unpaired) electrons. The number of nitriles is 1. The largest absolute Gasteiger partial charge is 0.348 e. The third kappa shape index (κ3) is 1.79. The Labute approximate surface area is 136 Å². The van der Waals surface area contributed by atoms with E-state index in [1.54, 1.807) is 11.3 Å². The standard InChI is InChI=1S/C18H23NO2S/c1-17(2)12-6-7-18(17,3)16-11(12)9-15(21-16)20-13(10-19)14-5-4-8-22-14/h4-5,8,11-13,15-16H,6-7,9H2,1-3H3/t11-,12-,13-,15-,16-,18+/m1/s1. The molecule has 0 unspecified atom stereocenters. The summed E-state index contributed by atoms with van der Waals surface area (Å²) in [6.07, 6.45) is 3.09. The van der Waals surface area contributed by atoms with Crippen LogP contribution in [0.1, 0.15) is 51.0 Å². The lowest BCUT2D eigenvalue weighted by Crippen LogP contribution is -2.38. The van der Waals surface area contributed by atoms with Crippen LogP contribution in [0.15, 0.2) is 17.5 Å². The Kier molecular flexibility index (Phi) is 3.21. The Morgan fingerprint density at radius 1 is 1.45 bits per heavy atom. The van der Waals surface area contributed by atoms with Gasteiger partial charge < -0.3 is 9.47 Å². The highest BCUT2D eigenvalue weighted by Crippen LogP contribution is 2.71. The number of rotatable bonds is 3. The van der Waals surface area contributed by atoms with Gasteiger partial charge in [0.25, 0.3) is 0 Å². The van der Waals surface area contributed by atoms with Crippen molar-refractivity contribution < 1.29 is 9.47 Å². The Bertz CT molecular complexity index is 605. The highest BCUT2D eigenvalue weighted by atomic mass is 32.1. The van der Waals surface area contributed by atoms with Crippen LogP contribution in [0.5, 0.6) is 0 Å². The zero-order valence-electron chi connectivity index (χ0n) is 13.4. The third-order valence-electron chi connectivity index (χ3n) is 6.88. The van der Waals surface area contributed by atoms with E-state index < -0.39 is 6.10 Å². The third-order valence-corrected chi connectivity index (χ3v) is 7.79. The summed E-state index contributed by atoms with van der Waals surface area (Å²) in [5.41, 5.74) is 0.612. The number of thiophene rings is 1. The first-order valence-electron chi connectivity index (χ1n) is 8.21. The van der Waals surface area contributed by atoms with Gasteiger partial charge in [-0.2, -0.15) is 5.26 Å². The summed E-state index contributed by atoms with van der Waals surface area (Å²) in [5, 5.41) is 11.4. The first kappa shape index (κ1) is 14.7. The first-order valence-corrected chi connectivity index (χ1v) is 9.09. The van der Waals surface area contributed by atoms with E-state index in [0.29, 0.717) is 17.4 Å². The summed E-state index contributed by atoms with van der Waals surface area (Å²) in [7, 11) is 0. The van der Waals surface area contributed by atoms with Crippen LogP contribution >= 0.6 is 11.3 Å².